The van der Waals surface area contributed by atoms with Crippen LogP contribution in [-0.4, -0.2) is 8.42 Å². The molecule has 0 saturated heterocycles. The lowest BCUT2D eigenvalue weighted by Gasteiger charge is -2.09. The minimum Gasteiger partial charge on any atom is -0.454 e. The molecule has 0 aliphatic rings. The Hall–Kier alpha value is -1.64. The normalized spacial score (nSPS) is 11.3. The van der Waals surface area contributed by atoms with Crippen LogP contribution >= 0.6 is 15.9 Å². The van der Waals surface area contributed by atoms with Crippen molar-refractivity contribution in [2.75, 3.05) is 5.73 Å². The second-order valence-corrected chi connectivity index (χ2v) is 6.37. The first kappa shape index (κ1) is 14.8. The fourth-order valence-electron chi connectivity index (χ4n) is 1.53. The number of hydrogen-bond acceptors (Lipinski definition) is 4. The first-order valence-electron chi connectivity index (χ1n) is 5.32. The van der Waals surface area contributed by atoms with E-state index in [0.29, 0.717) is 4.47 Å². The molecule has 4 N–H and O–H groups in total. The van der Waals surface area contributed by atoms with Crippen molar-refractivity contribution in [2.24, 2.45) is 5.14 Å². The molecule has 0 saturated carbocycles. The van der Waals surface area contributed by atoms with Gasteiger partial charge in [-0.2, -0.15) is 0 Å². The van der Waals surface area contributed by atoms with E-state index in [2.05, 4.69) is 15.9 Å². The predicted molar refractivity (Wildman–Crippen MR) is 76.4 cm³/mol. The van der Waals surface area contributed by atoms with Gasteiger partial charge >= 0.3 is 0 Å². The van der Waals surface area contributed by atoms with Crippen LogP contribution in [0.2, 0.25) is 0 Å². The fraction of sp³-hybridized carbons (Fsp3) is 0. The number of ether oxygens (including phenoxy) is 1. The predicted octanol–water partition coefficient (Wildman–Crippen LogP) is 2.61. The van der Waals surface area contributed by atoms with Crippen molar-refractivity contribution in [3.05, 3.63) is 46.7 Å². The van der Waals surface area contributed by atoms with Crippen LogP contribution in [0.3, 0.4) is 0 Å². The average molecular weight is 361 g/mol. The molecule has 20 heavy (non-hydrogen) atoms. The SMILES string of the molecule is Nc1cc(Oc2cc(Br)ccc2F)ccc1S(N)(=O)=O. The molecule has 2 rings (SSSR count). The molecule has 0 unspecified atom stereocenters. The fourth-order valence-corrected chi connectivity index (χ4v) is 2.52. The molecule has 0 aliphatic carbocycles. The molecule has 5 nitrogen and oxygen atoms in total. The molecule has 106 valence electrons. The zero-order valence-electron chi connectivity index (χ0n) is 10.0. The van der Waals surface area contributed by atoms with Gasteiger partial charge in [0, 0.05) is 10.5 Å². The Balaban J connectivity index is 2.36. The van der Waals surface area contributed by atoms with Crippen LogP contribution in [0.15, 0.2) is 45.8 Å². The van der Waals surface area contributed by atoms with Gasteiger partial charge in [-0.1, -0.05) is 15.9 Å². The maximum Gasteiger partial charge on any atom is 0.240 e. The Bertz CT molecular complexity index is 765. The lowest BCUT2D eigenvalue weighted by atomic mass is 10.3. The van der Waals surface area contributed by atoms with Crippen molar-refractivity contribution >= 4 is 31.6 Å². The molecular weight excluding hydrogens is 351 g/mol. The summed E-state index contributed by atoms with van der Waals surface area (Å²) in [5.41, 5.74) is 5.52. The number of nitrogens with two attached hydrogens (primary N) is 2. The zero-order valence-corrected chi connectivity index (χ0v) is 12.4. The summed E-state index contributed by atoms with van der Waals surface area (Å²) < 4.78 is 41.9. The summed E-state index contributed by atoms with van der Waals surface area (Å²) in [5, 5.41) is 4.99. The third-order valence-electron chi connectivity index (χ3n) is 2.41. The van der Waals surface area contributed by atoms with Crippen LogP contribution in [0.1, 0.15) is 0 Å². The van der Waals surface area contributed by atoms with Gasteiger partial charge in [-0.25, -0.2) is 17.9 Å². The summed E-state index contributed by atoms with van der Waals surface area (Å²) in [6, 6.07) is 8.02. The minimum atomic E-state index is -3.90. The maximum atomic E-state index is 13.5. The number of rotatable bonds is 3. The van der Waals surface area contributed by atoms with Gasteiger partial charge in [0.05, 0.1) is 5.69 Å². The molecule has 2 aromatic carbocycles. The van der Waals surface area contributed by atoms with Gasteiger partial charge < -0.3 is 10.5 Å². The lowest BCUT2D eigenvalue weighted by Crippen LogP contribution is -2.14. The van der Waals surface area contributed by atoms with E-state index in [4.69, 9.17) is 15.6 Å². The van der Waals surface area contributed by atoms with Crippen molar-refractivity contribution in [1.82, 2.24) is 0 Å². The summed E-state index contributed by atoms with van der Waals surface area (Å²) >= 11 is 3.19. The third kappa shape index (κ3) is 3.27. The van der Waals surface area contributed by atoms with Gasteiger partial charge in [0.25, 0.3) is 0 Å². The molecular formula is C12H10BrFN2O3S. The van der Waals surface area contributed by atoms with E-state index in [1.54, 1.807) is 0 Å². The highest BCUT2D eigenvalue weighted by molar-refractivity contribution is 9.10. The van der Waals surface area contributed by atoms with E-state index in [9.17, 15) is 12.8 Å². The largest absolute Gasteiger partial charge is 0.454 e. The Kier molecular flexibility index (Phi) is 3.98. The standard InChI is InChI=1S/C12H10BrFN2O3S/c13-7-1-3-9(14)11(5-7)19-8-2-4-12(10(15)6-8)20(16,17)18/h1-6H,15H2,(H2,16,17,18). The zero-order chi connectivity index (χ0) is 14.9. The molecule has 0 atom stereocenters. The number of benzene rings is 2. The van der Waals surface area contributed by atoms with E-state index in [-0.39, 0.29) is 22.1 Å². The number of primary sulfonamides is 1. The smallest absolute Gasteiger partial charge is 0.240 e. The molecule has 8 heteroatoms. The van der Waals surface area contributed by atoms with Gasteiger partial charge in [0.2, 0.25) is 10.0 Å². The average Bonchev–Trinajstić information content (AvgIpc) is 2.32. The first-order valence-corrected chi connectivity index (χ1v) is 7.66. The summed E-state index contributed by atoms with van der Waals surface area (Å²) in [6.45, 7) is 0. The molecule has 0 radical (unpaired) electrons. The molecule has 0 amide bonds. The van der Waals surface area contributed by atoms with Crippen molar-refractivity contribution < 1.29 is 17.5 Å². The summed E-state index contributed by atoms with van der Waals surface area (Å²) in [6.07, 6.45) is 0. The van der Waals surface area contributed by atoms with E-state index >= 15 is 0 Å². The van der Waals surface area contributed by atoms with Gasteiger partial charge in [0.15, 0.2) is 11.6 Å². The second kappa shape index (κ2) is 5.39. The number of halogens is 2. The van der Waals surface area contributed by atoms with Crippen LogP contribution in [0.25, 0.3) is 0 Å². The molecule has 0 bridgehead atoms. The van der Waals surface area contributed by atoms with Crippen LogP contribution in [0.4, 0.5) is 10.1 Å². The van der Waals surface area contributed by atoms with Gasteiger partial charge in [0.1, 0.15) is 10.6 Å². The van der Waals surface area contributed by atoms with Gasteiger partial charge in [-0.15, -0.1) is 0 Å². The van der Waals surface area contributed by atoms with Gasteiger partial charge in [-0.05, 0) is 30.3 Å². The Labute approximate surface area is 123 Å². The van der Waals surface area contributed by atoms with E-state index in [1.807, 2.05) is 0 Å². The van der Waals surface area contributed by atoms with Crippen molar-refractivity contribution in [1.29, 1.82) is 0 Å². The molecule has 2 aromatic rings. The summed E-state index contributed by atoms with van der Waals surface area (Å²) in [7, 11) is -3.90. The van der Waals surface area contributed by atoms with E-state index in [1.165, 1.54) is 36.4 Å². The van der Waals surface area contributed by atoms with Crippen molar-refractivity contribution in [2.45, 2.75) is 4.90 Å². The topological polar surface area (TPSA) is 95.4 Å². The first-order chi connectivity index (χ1) is 9.27. The number of hydrogen-bond donors (Lipinski definition) is 2. The van der Waals surface area contributed by atoms with Crippen molar-refractivity contribution in [3.8, 4) is 11.5 Å². The number of nitrogen functional groups attached to an aromatic ring is 1. The summed E-state index contributed by atoms with van der Waals surface area (Å²) in [4.78, 5) is -0.209. The van der Waals surface area contributed by atoms with Crippen LogP contribution < -0.4 is 15.6 Å². The Morgan fingerprint density at radius 3 is 2.45 bits per heavy atom. The Morgan fingerprint density at radius 1 is 1.15 bits per heavy atom. The molecule has 0 spiro atoms. The highest BCUT2D eigenvalue weighted by atomic mass is 79.9. The molecule has 0 fully saturated rings. The number of sulfonamides is 1. The quantitative estimate of drug-likeness (QED) is 0.822. The Morgan fingerprint density at radius 2 is 1.85 bits per heavy atom. The van der Waals surface area contributed by atoms with Crippen LogP contribution in [-0.2, 0) is 10.0 Å². The monoisotopic (exact) mass is 360 g/mol. The third-order valence-corrected chi connectivity index (χ3v) is 3.89. The maximum absolute atomic E-state index is 13.5. The minimum absolute atomic E-state index is 0.0119. The second-order valence-electron chi connectivity index (χ2n) is 3.92. The lowest BCUT2D eigenvalue weighted by molar-refractivity contribution is 0.442. The number of anilines is 1. The van der Waals surface area contributed by atoms with E-state index in [0.717, 1.165) is 0 Å². The molecule has 0 aromatic heterocycles. The van der Waals surface area contributed by atoms with Gasteiger partial charge in [-0.3, -0.25) is 0 Å². The molecule has 0 heterocycles. The van der Waals surface area contributed by atoms with Crippen LogP contribution in [0.5, 0.6) is 11.5 Å². The highest BCUT2D eigenvalue weighted by Gasteiger charge is 2.13. The van der Waals surface area contributed by atoms with Crippen LogP contribution in [0, 0.1) is 5.82 Å². The highest BCUT2D eigenvalue weighted by Crippen LogP contribution is 2.30. The summed E-state index contributed by atoms with van der Waals surface area (Å²) in [5.74, 6) is -0.365. The van der Waals surface area contributed by atoms with E-state index < -0.39 is 15.8 Å². The molecule has 0 aliphatic heterocycles. The van der Waals surface area contributed by atoms with Crippen molar-refractivity contribution in [3.63, 3.8) is 0 Å².